The van der Waals surface area contributed by atoms with Gasteiger partial charge in [-0.25, -0.2) is 14.2 Å². The molecule has 1 saturated carbocycles. The van der Waals surface area contributed by atoms with E-state index in [1.54, 1.807) is 24.4 Å². The summed E-state index contributed by atoms with van der Waals surface area (Å²) in [6, 6.07) is 15.4. The minimum absolute atomic E-state index is 0.00885. The number of aromatic hydroxyl groups is 1. The van der Waals surface area contributed by atoms with Crippen LogP contribution in [0.4, 0.5) is 4.39 Å². The van der Waals surface area contributed by atoms with Crippen molar-refractivity contribution in [3.8, 4) is 17.4 Å². The number of carboxylic acid groups (broad SMARTS) is 1. The molecule has 3 aromatic carbocycles. The van der Waals surface area contributed by atoms with Crippen molar-refractivity contribution in [2.75, 3.05) is 26.3 Å². The number of likely N-dealkylation sites (tertiary alicyclic amines) is 1. The molecule has 8 nitrogen and oxygen atoms in total. The van der Waals surface area contributed by atoms with Gasteiger partial charge in [0.25, 0.3) is 0 Å². The lowest BCUT2D eigenvalue weighted by molar-refractivity contribution is 0.0697. The van der Waals surface area contributed by atoms with Crippen LogP contribution in [-0.2, 0) is 6.42 Å². The molecule has 2 aliphatic rings. The van der Waals surface area contributed by atoms with Gasteiger partial charge in [0.15, 0.2) is 0 Å². The minimum atomic E-state index is -1.14. The number of phenolic OH excluding ortho intramolecular Hbond substituents is 1. The first-order valence-corrected chi connectivity index (χ1v) is 17.6. The lowest BCUT2D eigenvalue weighted by atomic mass is 9.87. The van der Waals surface area contributed by atoms with Crippen molar-refractivity contribution in [3.05, 3.63) is 95.1 Å². The molecule has 2 fully saturated rings. The van der Waals surface area contributed by atoms with Gasteiger partial charge >= 0.3 is 5.97 Å². The van der Waals surface area contributed by atoms with Crippen molar-refractivity contribution in [1.29, 1.82) is 0 Å². The van der Waals surface area contributed by atoms with Gasteiger partial charge in [-0.3, -0.25) is 4.90 Å². The summed E-state index contributed by atoms with van der Waals surface area (Å²) < 4.78 is 32.5. The second kappa shape index (κ2) is 14.9. The highest BCUT2D eigenvalue weighted by Gasteiger charge is 2.33. The molecule has 0 bridgehead atoms. The summed E-state index contributed by atoms with van der Waals surface area (Å²) in [4.78, 5) is 19.4. The van der Waals surface area contributed by atoms with Crippen molar-refractivity contribution >= 4 is 27.7 Å². The molecular formula is C40H43FN2O6. The normalized spacial score (nSPS) is 16.6. The van der Waals surface area contributed by atoms with Crippen LogP contribution < -0.4 is 9.47 Å². The lowest BCUT2D eigenvalue weighted by Crippen LogP contribution is -2.34. The number of pyridine rings is 1. The zero-order valence-electron chi connectivity index (χ0n) is 27.7. The summed E-state index contributed by atoms with van der Waals surface area (Å²) in [6.45, 7) is 2.37. The predicted octanol–water partition coefficient (Wildman–Crippen LogP) is 9.07. The summed E-state index contributed by atoms with van der Waals surface area (Å²) in [5.41, 5.74) is 2.23. The third-order valence-corrected chi connectivity index (χ3v) is 10.2. The molecular weight excluding hydrogens is 623 g/mol. The van der Waals surface area contributed by atoms with Crippen molar-refractivity contribution < 1.29 is 33.3 Å². The molecule has 256 valence electrons. The standard InChI is InChI=1S/C40H43FN2O6/c41-33-12-6-5-11-27(33)17-22-48-34-23-28(15-18-42-34)37(43-19-7-2-8-20-43)36-35-32(40(45)46)25-49-39(35)31-24-29(13-14-30(31)38(36)44)47-21-16-26-9-3-1-4-10-26/h5-6,11-15,18,23-26,37,44H,1-4,7-10,16-17,19-22H2,(H,45,46). The van der Waals surface area contributed by atoms with E-state index in [9.17, 15) is 19.4 Å². The van der Waals surface area contributed by atoms with Gasteiger partial charge in [0.2, 0.25) is 5.88 Å². The quantitative estimate of drug-likeness (QED) is 0.136. The van der Waals surface area contributed by atoms with Crippen LogP contribution in [0, 0.1) is 11.7 Å². The summed E-state index contributed by atoms with van der Waals surface area (Å²) in [6.07, 6.45) is 13.7. The lowest BCUT2D eigenvalue weighted by Gasteiger charge is -2.36. The second-order valence-corrected chi connectivity index (χ2v) is 13.4. The Balaban J connectivity index is 1.26. The van der Waals surface area contributed by atoms with E-state index >= 15 is 0 Å². The third kappa shape index (κ3) is 7.08. The van der Waals surface area contributed by atoms with Crippen LogP contribution in [0.15, 0.2) is 71.5 Å². The van der Waals surface area contributed by atoms with Crippen molar-refractivity contribution in [2.24, 2.45) is 5.92 Å². The average Bonchev–Trinajstić information content (AvgIpc) is 3.58. The Morgan fingerprint density at radius 1 is 0.959 bits per heavy atom. The van der Waals surface area contributed by atoms with Gasteiger partial charge < -0.3 is 24.1 Å². The van der Waals surface area contributed by atoms with Gasteiger partial charge in [-0.2, -0.15) is 0 Å². The number of aromatic nitrogens is 1. The van der Waals surface area contributed by atoms with Crippen molar-refractivity contribution in [3.63, 3.8) is 0 Å². The Labute approximate surface area is 285 Å². The Bertz CT molecular complexity index is 1930. The SMILES string of the molecule is O=C(O)c1coc2c1c(C(c1ccnc(OCCc3ccccc3F)c1)N1CCCCC1)c(O)c1ccc(OCCC3CCCCC3)cc12. The number of ether oxygens (including phenoxy) is 2. The van der Waals surface area contributed by atoms with E-state index in [0.717, 1.165) is 44.3 Å². The van der Waals surface area contributed by atoms with E-state index in [1.807, 2.05) is 30.3 Å². The van der Waals surface area contributed by atoms with E-state index < -0.39 is 12.0 Å². The fourth-order valence-electron chi connectivity index (χ4n) is 7.71. The first-order valence-electron chi connectivity index (χ1n) is 17.6. The Kier molecular flexibility index (Phi) is 9.98. The predicted molar refractivity (Wildman–Crippen MR) is 186 cm³/mol. The largest absolute Gasteiger partial charge is 0.507 e. The number of aromatic carboxylic acids is 1. The molecule has 7 rings (SSSR count). The van der Waals surface area contributed by atoms with E-state index in [2.05, 4.69) is 9.88 Å². The van der Waals surface area contributed by atoms with Gasteiger partial charge in [-0.05, 0) is 79.7 Å². The summed E-state index contributed by atoms with van der Waals surface area (Å²) >= 11 is 0. The molecule has 1 aliphatic carbocycles. The van der Waals surface area contributed by atoms with Gasteiger partial charge in [0.05, 0.1) is 19.3 Å². The number of fused-ring (bicyclic) bond motifs is 3. The summed E-state index contributed by atoms with van der Waals surface area (Å²) in [5.74, 6) is 0.309. The molecule has 1 atom stereocenters. The number of hydrogen-bond donors (Lipinski definition) is 2. The fraction of sp³-hybridized carbons (Fsp3) is 0.400. The number of hydrogen-bond acceptors (Lipinski definition) is 7. The van der Waals surface area contributed by atoms with Crippen LogP contribution in [0.25, 0.3) is 21.7 Å². The number of nitrogens with zero attached hydrogens (tertiary/aromatic N) is 2. The molecule has 2 N–H and O–H groups in total. The molecule has 1 aliphatic heterocycles. The van der Waals surface area contributed by atoms with Crippen LogP contribution >= 0.6 is 0 Å². The monoisotopic (exact) mass is 666 g/mol. The number of carbonyl (C=O) groups is 1. The minimum Gasteiger partial charge on any atom is -0.507 e. The van der Waals surface area contributed by atoms with E-state index in [0.29, 0.717) is 63.4 Å². The van der Waals surface area contributed by atoms with Gasteiger partial charge in [0, 0.05) is 40.4 Å². The average molecular weight is 667 g/mol. The molecule has 0 radical (unpaired) electrons. The maximum absolute atomic E-state index is 14.2. The molecule has 9 heteroatoms. The number of carboxylic acids is 1. The number of halogens is 1. The summed E-state index contributed by atoms with van der Waals surface area (Å²) in [7, 11) is 0. The molecule has 3 heterocycles. The number of piperidine rings is 1. The van der Waals surface area contributed by atoms with E-state index in [-0.39, 0.29) is 23.7 Å². The summed E-state index contributed by atoms with van der Waals surface area (Å²) in [5, 5.41) is 24.0. The molecule has 0 amide bonds. The Morgan fingerprint density at radius 3 is 2.55 bits per heavy atom. The third-order valence-electron chi connectivity index (χ3n) is 10.2. The highest BCUT2D eigenvalue weighted by molar-refractivity contribution is 6.16. The first kappa shape index (κ1) is 32.9. The maximum atomic E-state index is 14.2. The Morgan fingerprint density at radius 2 is 1.76 bits per heavy atom. The second-order valence-electron chi connectivity index (χ2n) is 13.4. The molecule has 1 saturated heterocycles. The van der Waals surface area contributed by atoms with Crippen molar-refractivity contribution in [2.45, 2.75) is 70.3 Å². The van der Waals surface area contributed by atoms with Crippen LogP contribution in [0.1, 0.15) is 90.9 Å². The number of rotatable bonds is 12. The molecule has 1 unspecified atom stereocenters. The van der Waals surface area contributed by atoms with Crippen molar-refractivity contribution in [1.82, 2.24) is 9.88 Å². The number of benzene rings is 3. The molecule has 49 heavy (non-hydrogen) atoms. The highest BCUT2D eigenvalue weighted by Crippen LogP contribution is 2.48. The molecule has 0 spiro atoms. The number of phenols is 1. The molecule has 5 aromatic rings. The van der Waals surface area contributed by atoms with Crippen LogP contribution in [0.5, 0.6) is 17.4 Å². The fourth-order valence-corrected chi connectivity index (χ4v) is 7.71. The van der Waals surface area contributed by atoms with E-state index in [1.165, 1.54) is 44.4 Å². The molecule has 2 aromatic heterocycles. The Hall–Kier alpha value is -4.63. The highest BCUT2D eigenvalue weighted by atomic mass is 19.1. The van der Waals surface area contributed by atoms with Crippen LogP contribution in [0.3, 0.4) is 0 Å². The smallest absolute Gasteiger partial charge is 0.339 e. The maximum Gasteiger partial charge on any atom is 0.339 e. The first-order chi connectivity index (χ1) is 24.0. The van der Waals surface area contributed by atoms with Gasteiger partial charge in [0.1, 0.15) is 34.7 Å². The zero-order chi connectivity index (χ0) is 33.7. The van der Waals surface area contributed by atoms with Crippen LogP contribution in [0.2, 0.25) is 0 Å². The van der Waals surface area contributed by atoms with E-state index in [4.69, 9.17) is 13.9 Å². The topological polar surface area (TPSA) is 105 Å². The van der Waals surface area contributed by atoms with Crippen LogP contribution in [-0.4, -0.2) is 52.4 Å². The van der Waals surface area contributed by atoms with Gasteiger partial charge in [-0.1, -0.05) is 56.7 Å². The zero-order valence-corrected chi connectivity index (χ0v) is 27.7. The number of furan rings is 1. The van der Waals surface area contributed by atoms with Gasteiger partial charge in [-0.15, -0.1) is 0 Å².